The molecule has 14 rings (SSSR count). The Morgan fingerprint density at radius 2 is 1.08 bits per heavy atom. The van der Waals surface area contributed by atoms with Crippen molar-refractivity contribution in [2.45, 2.75) is 135 Å². The van der Waals surface area contributed by atoms with Crippen LogP contribution in [0.1, 0.15) is 71.1 Å². The molecule has 2 saturated carbocycles. The average molecular weight is 595 g/mol. The Hall–Kier alpha value is -0.181. The number of benzene rings is 2. The minimum absolute atomic E-state index is 0.252. The van der Waals surface area contributed by atoms with Gasteiger partial charge in [-0.15, -0.1) is 0 Å². The fraction of sp³-hybridized carbons (Fsp3) is 0.667. The first-order valence-electron chi connectivity index (χ1n) is 16.9. The number of rotatable bonds is 7. The molecule has 0 nitrogen and oxygen atoms in total. The molecule has 2 aromatic carbocycles. The van der Waals surface area contributed by atoms with Gasteiger partial charge in [-0.05, 0) is 0 Å². The van der Waals surface area contributed by atoms with Crippen LogP contribution in [-0.4, -0.2) is 21.0 Å². The summed E-state index contributed by atoms with van der Waals surface area (Å²) in [5.41, 5.74) is 3.36. The van der Waals surface area contributed by atoms with Gasteiger partial charge in [0.15, 0.2) is 0 Å². The summed E-state index contributed by atoms with van der Waals surface area (Å²) in [5.74, 6) is 0. The Labute approximate surface area is 227 Å². The molecule has 10 heterocycles. The maximum atomic E-state index is 2.93. The molecule has 0 aromatic heterocycles. The van der Waals surface area contributed by atoms with Crippen LogP contribution in [0.5, 0.6) is 0 Å². The van der Waals surface area contributed by atoms with Gasteiger partial charge in [-0.3, -0.25) is 0 Å². The van der Waals surface area contributed by atoms with Crippen molar-refractivity contribution in [1.82, 2.24) is 0 Å². The van der Waals surface area contributed by atoms with E-state index in [1.54, 1.807) is 74.8 Å². The summed E-state index contributed by atoms with van der Waals surface area (Å²) >= 11 is 0. The summed E-state index contributed by atoms with van der Waals surface area (Å²) in [6, 6.07) is 24.2. The molecule has 0 amide bonds. The van der Waals surface area contributed by atoms with Gasteiger partial charge in [0.25, 0.3) is 0 Å². The third kappa shape index (κ3) is 0.574. The van der Waals surface area contributed by atoms with Crippen LogP contribution in [0.25, 0.3) is 0 Å². The third-order valence-corrected chi connectivity index (χ3v) is 76.8. The van der Waals surface area contributed by atoms with E-state index >= 15 is 0 Å². The molecule has 0 N–H and O–H groups in total. The predicted molar refractivity (Wildman–Crippen MR) is 165 cm³/mol. The summed E-state index contributed by atoms with van der Waals surface area (Å²) in [4.78, 5) is 11.5. The fourth-order valence-electron chi connectivity index (χ4n) is 24.1. The molecule has 3 heteroatoms. The van der Waals surface area contributed by atoms with E-state index in [2.05, 4.69) is 67.6 Å². The Bertz CT molecular complexity index is 1780. The Kier molecular flexibility index (Phi) is 1.83. The number of hydrogen-bond donors (Lipinski definition) is 0. The number of hydrogen-bond acceptors (Lipinski definition) is 0. The predicted octanol–water partition coefficient (Wildman–Crippen LogP) is 10.3. The summed E-state index contributed by atoms with van der Waals surface area (Å²) in [5, 5.41) is 3.44. The molecule has 12 aliphatic rings. The van der Waals surface area contributed by atoms with E-state index in [1.165, 1.54) is 49.8 Å². The molecule has 0 bridgehead atoms. The topological polar surface area (TPSA) is 0 Å². The zero-order valence-corrected chi connectivity index (χ0v) is 26.3. The van der Waals surface area contributed by atoms with Crippen molar-refractivity contribution in [1.29, 1.82) is 0 Å². The normalized spacial score (nSPS) is 67.3. The Morgan fingerprint density at radius 1 is 0.615 bits per heavy atom. The molecule has 2 aromatic rings. The van der Waals surface area contributed by atoms with Crippen LogP contribution in [-0.2, 0) is 6.51 Å². The Morgan fingerprint density at radius 3 is 1.49 bits per heavy atom. The zero-order chi connectivity index (χ0) is 25.1. The van der Waals surface area contributed by atoms with Crippen molar-refractivity contribution in [2.24, 2.45) is 0 Å². The van der Waals surface area contributed by atoms with Gasteiger partial charge >= 0.3 is 229 Å². The quantitative estimate of drug-likeness (QED) is 0.221. The molecule has 12 fully saturated rings. The molecule has 0 radical (unpaired) electrons. The van der Waals surface area contributed by atoms with Gasteiger partial charge in [0, 0.05) is 0 Å². The molecule has 39 heavy (non-hydrogen) atoms. The second kappa shape index (κ2) is 3.45. The van der Waals surface area contributed by atoms with E-state index < -0.39 is 6.51 Å². The molecule has 5 unspecified atom stereocenters. The van der Waals surface area contributed by atoms with Crippen LogP contribution in [0.15, 0.2) is 60.7 Å². The van der Waals surface area contributed by atoms with Gasteiger partial charge in [-0.2, -0.15) is 0 Å². The van der Waals surface area contributed by atoms with Gasteiger partial charge in [-0.1, -0.05) is 0 Å². The second-order valence-electron chi connectivity index (χ2n) is 18.5. The van der Waals surface area contributed by atoms with E-state index in [1.807, 2.05) is 0 Å². The van der Waals surface area contributed by atoms with E-state index in [9.17, 15) is 0 Å². The van der Waals surface area contributed by atoms with Gasteiger partial charge < -0.3 is 0 Å². The molecular formula is C36H44FeP2. The molecule has 2 aliphatic carbocycles. The summed E-state index contributed by atoms with van der Waals surface area (Å²) < 4.78 is 2.03. The Balaban J connectivity index is 1.05. The summed E-state index contributed by atoms with van der Waals surface area (Å²) in [6.45, 7) is -0.656. The van der Waals surface area contributed by atoms with E-state index in [4.69, 9.17) is 0 Å². The van der Waals surface area contributed by atoms with Crippen LogP contribution in [0.3, 0.4) is 0 Å². The average Bonchev–Trinajstić information content (AvgIpc) is 3.95. The van der Waals surface area contributed by atoms with Gasteiger partial charge in [-0.25, -0.2) is 0 Å². The van der Waals surface area contributed by atoms with E-state index in [0.717, 1.165) is 14.0 Å². The van der Waals surface area contributed by atoms with Crippen LogP contribution < -0.4 is 10.6 Å². The maximum absolute atomic E-state index is 3.59. The summed E-state index contributed by atoms with van der Waals surface area (Å²) in [6.07, 6.45) is 16.1. The molecule has 10 saturated heterocycles. The third-order valence-electron chi connectivity index (χ3n) is 22.3. The van der Waals surface area contributed by atoms with Gasteiger partial charge in [0.1, 0.15) is 0 Å². The van der Waals surface area contributed by atoms with Crippen LogP contribution in [0.2, 0.25) is 42.8 Å². The van der Waals surface area contributed by atoms with Crippen LogP contribution >= 0.6 is 15.8 Å². The summed E-state index contributed by atoms with van der Waals surface area (Å²) in [7, 11) is -0.0119. The SMILES string of the molecule is C[C@H](P(c1ccccc1)c1ccccc1)[C]12[CH]3[CH]4[CH]5[C]1(P(C1CCCCC1)C1CCCCC1)[Fe]43521678[CH]2[CH]1[CH]6[CH]7[CH]28. The molecule has 206 valence electrons. The standard InChI is InChI=1S/C31H39P2.C5H5.Fe/c1-25(32(26-15-6-2-7-16-26)27-17-8-3-9-18-27)30-23-14-24-31(30)33(28-19-10-4-11-20-28)29-21-12-5-13-22-29;1-2-4-5-3-1;/h2-3,6-9,14-18,23-25,28-29H,4-5,10-13,19-22H2,1H3;1-5H;/t25-;;/m0../s1. The van der Waals surface area contributed by atoms with Crippen molar-refractivity contribution >= 4 is 26.5 Å². The van der Waals surface area contributed by atoms with Crippen LogP contribution in [0.4, 0.5) is 0 Å². The van der Waals surface area contributed by atoms with Crippen molar-refractivity contribution in [3.63, 3.8) is 0 Å². The number of fused-ring (bicyclic) bond motifs is 10. The van der Waals surface area contributed by atoms with Crippen LogP contribution in [0, 0.1) is 0 Å². The fourth-order valence-corrected chi connectivity index (χ4v) is 124. The van der Waals surface area contributed by atoms with Crippen molar-refractivity contribution < 1.29 is 6.51 Å². The van der Waals surface area contributed by atoms with Gasteiger partial charge in [0.05, 0.1) is 0 Å². The second-order valence-corrected chi connectivity index (χ2v) is 47.7. The molecular weight excluding hydrogens is 550 g/mol. The van der Waals surface area contributed by atoms with Crippen molar-refractivity contribution in [2.75, 3.05) is 0 Å². The van der Waals surface area contributed by atoms with Crippen molar-refractivity contribution in [3.8, 4) is 0 Å². The first-order chi connectivity index (χ1) is 19.0. The molecule has 1 spiro atoms. The van der Waals surface area contributed by atoms with E-state index in [0.29, 0.717) is 0 Å². The molecule has 10 aliphatic heterocycles. The molecule has 6 atom stereocenters. The minimum atomic E-state index is -3.59. The zero-order valence-electron chi connectivity index (χ0n) is 23.4. The van der Waals surface area contributed by atoms with Gasteiger partial charge in [0.2, 0.25) is 0 Å². The monoisotopic (exact) mass is 594 g/mol. The first kappa shape index (κ1) is 20.7. The first-order valence-corrected chi connectivity index (χ1v) is 26.0. The van der Waals surface area contributed by atoms with E-state index in [-0.39, 0.29) is 15.8 Å². The van der Waals surface area contributed by atoms with Crippen molar-refractivity contribution in [3.05, 3.63) is 60.7 Å².